The van der Waals surface area contributed by atoms with Gasteiger partial charge in [0.1, 0.15) is 5.60 Å². The summed E-state index contributed by atoms with van der Waals surface area (Å²) in [5, 5.41) is 9.27. The van der Waals surface area contributed by atoms with Crippen LogP contribution >= 0.6 is 0 Å². The number of carbonyl (C=O) groups is 2. The van der Waals surface area contributed by atoms with Crippen molar-refractivity contribution in [3.63, 3.8) is 0 Å². The highest BCUT2D eigenvalue weighted by atomic mass is 16.6. The van der Waals surface area contributed by atoms with Crippen LogP contribution in [-0.4, -0.2) is 22.6 Å². The van der Waals surface area contributed by atoms with E-state index in [1.165, 1.54) is 0 Å². The molecule has 3 atom stereocenters. The van der Waals surface area contributed by atoms with Crippen LogP contribution in [0.25, 0.3) is 0 Å². The van der Waals surface area contributed by atoms with Crippen molar-refractivity contribution in [2.45, 2.75) is 59.5 Å². The molecule has 1 aliphatic rings. The Bertz CT molecular complexity index is 342. The van der Waals surface area contributed by atoms with E-state index in [9.17, 15) is 14.7 Å². The standard InChI is InChI=1S/C14H24O4/c1-6-9-7-14(5,12(16)17)8-10(9)11(15)18-13(2,3)4/h9-10H,6-8H2,1-5H3,(H,16,17). The topological polar surface area (TPSA) is 63.6 Å². The van der Waals surface area contributed by atoms with Crippen LogP contribution in [-0.2, 0) is 14.3 Å². The quantitative estimate of drug-likeness (QED) is 0.789. The fourth-order valence-corrected chi connectivity index (χ4v) is 2.71. The Morgan fingerprint density at radius 1 is 1.33 bits per heavy atom. The van der Waals surface area contributed by atoms with E-state index in [2.05, 4.69) is 0 Å². The summed E-state index contributed by atoms with van der Waals surface area (Å²) in [6, 6.07) is 0. The second-order valence-electron chi connectivity index (χ2n) is 6.58. The van der Waals surface area contributed by atoms with Gasteiger partial charge < -0.3 is 9.84 Å². The summed E-state index contributed by atoms with van der Waals surface area (Å²) in [7, 11) is 0. The van der Waals surface area contributed by atoms with Crippen LogP contribution in [0.5, 0.6) is 0 Å². The summed E-state index contributed by atoms with van der Waals surface area (Å²) in [5.41, 5.74) is -1.31. The first-order valence-electron chi connectivity index (χ1n) is 6.55. The van der Waals surface area contributed by atoms with Gasteiger partial charge in [0.2, 0.25) is 0 Å². The Morgan fingerprint density at radius 2 is 1.89 bits per heavy atom. The summed E-state index contributed by atoms with van der Waals surface area (Å²) in [5.74, 6) is -1.23. The van der Waals surface area contributed by atoms with E-state index >= 15 is 0 Å². The van der Waals surface area contributed by atoms with Crippen molar-refractivity contribution in [1.82, 2.24) is 0 Å². The van der Waals surface area contributed by atoms with Gasteiger partial charge in [-0.25, -0.2) is 0 Å². The monoisotopic (exact) mass is 256 g/mol. The van der Waals surface area contributed by atoms with Gasteiger partial charge in [-0.15, -0.1) is 0 Å². The van der Waals surface area contributed by atoms with Crippen LogP contribution in [0.2, 0.25) is 0 Å². The van der Waals surface area contributed by atoms with Gasteiger partial charge in [-0.3, -0.25) is 9.59 Å². The lowest BCUT2D eigenvalue weighted by atomic mass is 9.87. The molecule has 0 amide bonds. The maximum Gasteiger partial charge on any atom is 0.309 e. The number of aliphatic carboxylic acids is 1. The van der Waals surface area contributed by atoms with E-state index in [1.807, 2.05) is 27.7 Å². The number of carbonyl (C=O) groups excluding carboxylic acids is 1. The minimum absolute atomic E-state index is 0.112. The third-order valence-electron chi connectivity index (χ3n) is 3.70. The van der Waals surface area contributed by atoms with E-state index in [0.717, 1.165) is 6.42 Å². The molecule has 1 N–H and O–H groups in total. The van der Waals surface area contributed by atoms with Crippen molar-refractivity contribution < 1.29 is 19.4 Å². The zero-order valence-electron chi connectivity index (χ0n) is 11.9. The highest BCUT2D eigenvalue weighted by Crippen LogP contribution is 2.47. The van der Waals surface area contributed by atoms with Crippen LogP contribution in [0.1, 0.15) is 53.9 Å². The second-order valence-corrected chi connectivity index (χ2v) is 6.58. The van der Waals surface area contributed by atoms with Gasteiger partial charge in [-0.2, -0.15) is 0 Å². The SMILES string of the molecule is CCC1CC(C)(C(=O)O)CC1C(=O)OC(C)(C)C. The van der Waals surface area contributed by atoms with E-state index < -0.39 is 17.0 Å². The third kappa shape index (κ3) is 3.24. The molecule has 0 radical (unpaired) electrons. The Morgan fingerprint density at radius 3 is 2.28 bits per heavy atom. The fourth-order valence-electron chi connectivity index (χ4n) is 2.71. The molecular weight excluding hydrogens is 232 g/mol. The number of carboxylic acids is 1. The molecule has 0 aromatic heterocycles. The van der Waals surface area contributed by atoms with E-state index in [0.29, 0.717) is 12.8 Å². The molecule has 3 unspecified atom stereocenters. The molecule has 1 saturated carbocycles. The third-order valence-corrected chi connectivity index (χ3v) is 3.70. The number of esters is 1. The van der Waals surface area contributed by atoms with Crippen LogP contribution in [0.4, 0.5) is 0 Å². The first-order chi connectivity index (χ1) is 8.09. The zero-order chi connectivity index (χ0) is 14.1. The minimum Gasteiger partial charge on any atom is -0.481 e. The molecule has 0 aromatic carbocycles. The van der Waals surface area contributed by atoms with E-state index in [-0.39, 0.29) is 17.8 Å². The number of hydrogen-bond donors (Lipinski definition) is 1. The highest BCUT2D eigenvalue weighted by molar-refractivity contribution is 5.79. The van der Waals surface area contributed by atoms with Crippen molar-refractivity contribution in [2.24, 2.45) is 17.3 Å². The molecule has 1 aliphatic carbocycles. The van der Waals surface area contributed by atoms with Crippen LogP contribution in [0, 0.1) is 17.3 Å². The van der Waals surface area contributed by atoms with Gasteiger partial charge >= 0.3 is 11.9 Å². The Balaban J connectivity index is 2.82. The van der Waals surface area contributed by atoms with Gasteiger partial charge in [0.15, 0.2) is 0 Å². The lowest BCUT2D eigenvalue weighted by Crippen LogP contribution is -2.31. The molecular formula is C14H24O4. The Labute approximate surface area is 109 Å². The first-order valence-corrected chi connectivity index (χ1v) is 6.55. The summed E-state index contributed by atoms with van der Waals surface area (Å²) in [4.78, 5) is 23.4. The summed E-state index contributed by atoms with van der Waals surface area (Å²) < 4.78 is 5.39. The van der Waals surface area contributed by atoms with Gasteiger partial charge in [0.05, 0.1) is 11.3 Å². The van der Waals surface area contributed by atoms with Crippen molar-refractivity contribution in [3.8, 4) is 0 Å². The fraction of sp³-hybridized carbons (Fsp3) is 0.857. The molecule has 4 nitrogen and oxygen atoms in total. The molecule has 4 heteroatoms. The zero-order valence-corrected chi connectivity index (χ0v) is 11.9. The van der Waals surface area contributed by atoms with Crippen molar-refractivity contribution in [3.05, 3.63) is 0 Å². The van der Waals surface area contributed by atoms with Crippen molar-refractivity contribution in [2.75, 3.05) is 0 Å². The Hall–Kier alpha value is -1.06. The molecule has 0 heterocycles. The molecule has 18 heavy (non-hydrogen) atoms. The van der Waals surface area contributed by atoms with Crippen molar-refractivity contribution >= 4 is 11.9 Å². The van der Waals surface area contributed by atoms with Gasteiger partial charge in [0, 0.05) is 0 Å². The van der Waals surface area contributed by atoms with E-state index in [4.69, 9.17) is 4.74 Å². The maximum absolute atomic E-state index is 12.1. The largest absolute Gasteiger partial charge is 0.481 e. The Kier molecular flexibility index (Phi) is 4.08. The van der Waals surface area contributed by atoms with Crippen LogP contribution in [0.15, 0.2) is 0 Å². The molecule has 1 fully saturated rings. The van der Waals surface area contributed by atoms with Crippen LogP contribution in [0.3, 0.4) is 0 Å². The minimum atomic E-state index is -0.813. The summed E-state index contributed by atoms with van der Waals surface area (Å²) >= 11 is 0. The molecule has 0 bridgehead atoms. The molecule has 0 spiro atoms. The lowest BCUT2D eigenvalue weighted by Gasteiger charge is -2.24. The normalized spacial score (nSPS) is 32.3. The summed E-state index contributed by atoms with van der Waals surface area (Å²) in [6.45, 7) is 9.21. The molecule has 104 valence electrons. The predicted octanol–water partition coefficient (Wildman–Crippen LogP) is 2.86. The predicted molar refractivity (Wildman–Crippen MR) is 68.1 cm³/mol. The average molecular weight is 256 g/mol. The van der Waals surface area contributed by atoms with Gasteiger partial charge in [-0.1, -0.05) is 13.3 Å². The molecule has 0 aliphatic heterocycles. The number of rotatable bonds is 3. The van der Waals surface area contributed by atoms with E-state index in [1.54, 1.807) is 6.92 Å². The number of hydrogen-bond acceptors (Lipinski definition) is 3. The highest BCUT2D eigenvalue weighted by Gasteiger charge is 2.50. The molecule has 1 rings (SSSR count). The summed E-state index contributed by atoms with van der Waals surface area (Å²) in [6.07, 6.45) is 1.76. The number of ether oxygens (including phenoxy) is 1. The average Bonchev–Trinajstić information content (AvgIpc) is 2.55. The molecule has 0 aromatic rings. The lowest BCUT2D eigenvalue weighted by molar-refractivity contribution is -0.161. The van der Waals surface area contributed by atoms with Gasteiger partial charge in [-0.05, 0) is 46.5 Å². The smallest absolute Gasteiger partial charge is 0.309 e. The van der Waals surface area contributed by atoms with Gasteiger partial charge in [0.25, 0.3) is 0 Å². The number of carboxylic acid groups (broad SMARTS) is 1. The first kappa shape index (κ1) is 15.0. The van der Waals surface area contributed by atoms with Crippen LogP contribution < -0.4 is 0 Å². The van der Waals surface area contributed by atoms with Crippen molar-refractivity contribution in [1.29, 1.82) is 0 Å². The maximum atomic E-state index is 12.1. The second kappa shape index (κ2) is 4.90. The molecule has 0 saturated heterocycles.